The number of carbonyl (C=O) groups excluding carboxylic acids is 2. The number of hydrogen-bond acceptors (Lipinski definition) is 7. The normalized spacial score (nSPS) is 19.9. The number of rotatable bonds is 5. The van der Waals surface area contributed by atoms with Crippen LogP contribution in [0.1, 0.15) is 17.2 Å². The van der Waals surface area contributed by atoms with Crippen LogP contribution in [-0.2, 0) is 14.3 Å². The highest BCUT2D eigenvalue weighted by molar-refractivity contribution is 6.46. The molecule has 0 saturated carbocycles. The first kappa shape index (κ1) is 19.8. The van der Waals surface area contributed by atoms with Gasteiger partial charge in [-0.1, -0.05) is 12.1 Å². The number of carbonyl (C=O) groups is 2. The third-order valence-electron chi connectivity index (χ3n) is 5.10. The van der Waals surface area contributed by atoms with E-state index in [0.717, 1.165) is 0 Å². The van der Waals surface area contributed by atoms with Crippen molar-refractivity contribution in [2.75, 3.05) is 33.5 Å². The monoisotopic (exact) mass is 411 g/mol. The molecule has 1 saturated heterocycles. The zero-order valence-corrected chi connectivity index (χ0v) is 16.3. The van der Waals surface area contributed by atoms with Gasteiger partial charge in [-0.05, 0) is 35.9 Å². The van der Waals surface area contributed by atoms with Gasteiger partial charge in [0.05, 0.1) is 18.2 Å². The minimum atomic E-state index is -0.811. The van der Waals surface area contributed by atoms with Gasteiger partial charge in [0, 0.05) is 19.2 Å². The van der Waals surface area contributed by atoms with Gasteiger partial charge in [-0.2, -0.15) is 0 Å². The highest BCUT2D eigenvalue weighted by Gasteiger charge is 2.45. The number of aliphatic hydroxyl groups is 1. The minimum absolute atomic E-state index is 0.0292. The molecule has 1 atom stereocenters. The van der Waals surface area contributed by atoms with E-state index in [-0.39, 0.29) is 30.2 Å². The van der Waals surface area contributed by atoms with E-state index in [2.05, 4.69) is 0 Å². The summed E-state index contributed by atoms with van der Waals surface area (Å²) in [6.45, 7) is 1.21. The molecule has 0 radical (unpaired) electrons. The first-order valence-corrected chi connectivity index (χ1v) is 9.47. The highest BCUT2D eigenvalue weighted by atomic mass is 16.6. The van der Waals surface area contributed by atoms with Crippen LogP contribution in [0.4, 0.5) is 0 Å². The van der Waals surface area contributed by atoms with E-state index in [0.29, 0.717) is 35.8 Å². The van der Waals surface area contributed by atoms with Crippen LogP contribution >= 0.6 is 0 Å². The molecule has 8 nitrogen and oxygen atoms in total. The summed E-state index contributed by atoms with van der Waals surface area (Å²) < 4.78 is 16.1. The third-order valence-corrected chi connectivity index (χ3v) is 5.10. The number of benzene rings is 2. The number of aliphatic hydroxyl groups excluding tert-OH is 1. The first-order valence-electron chi connectivity index (χ1n) is 9.47. The number of methoxy groups -OCH3 is 1. The fourth-order valence-corrected chi connectivity index (χ4v) is 3.65. The average Bonchev–Trinajstić information content (AvgIpc) is 3.02. The van der Waals surface area contributed by atoms with Crippen LogP contribution in [0.3, 0.4) is 0 Å². The Hall–Kier alpha value is -3.52. The fraction of sp³-hybridized carbons (Fsp3) is 0.273. The van der Waals surface area contributed by atoms with Crippen LogP contribution in [0.25, 0.3) is 5.76 Å². The molecule has 4 rings (SSSR count). The van der Waals surface area contributed by atoms with Crippen molar-refractivity contribution in [1.82, 2.24) is 4.90 Å². The standard InChI is InChI=1S/C22H21NO7/c1-28-9-8-23-19(13-2-5-15(24)6-3-13)18(21(26)22(23)27)20(25)14-4-7-16-17(12-14)30-11-10-29-16/h2-7,12,19,24-25H,8-11H2,1H3. The number of ketones is 1. The van der Waals surface area contributed by atoms with Gasteiger partial charge in [0.25, 0.3) is 11.7 Å². The van der Waals surface area contributed by atoms with Crippen molar-refractivity contribution in [1.29, 1.82) is 0 Å². The predicted octanol–water partition coefficient (Wildman–Crippen LogP) is 2.23. The molecular weight excluding hydrogens is 390 g/mol. The summed E-state index contributed by atoms with van der Waals surface area (Å²) in [7, 11) is 1.50. The molecule has 1 amide bonds. The second-order valence-corrected chi connectivity index (χ2v) is 6.94. The Morgan fingerprint density at radius 1 is 1.10 bits per heavy atom. The van der Waals surface area contributed by atoms with E-state index in [4.69, 9.17) is 14.2 Å². The lowest BCUT2D eigenvalue weighted by Gasteiger charge is -2.25. The van der Waals surface area contributed by atoms with Gasteiger partial charge in [0.1, 0.15) is 24.7 Å². The molecule has 2 aromatic rings. The number of ether oxygens (including phenoxy) is 3. The van der Waals surface area contributed by atoms with Crippen LogP contribution in [-0.4, -0.2) is 60.3 Å². The summed E-state index contributed by atoms with van der Waals surface area (Å²) in [5.74, 6) is -0.739. The van der Waals surface area contributed by atoms with Gasteiger partial charge in [-0.25, -0.2) is 0 Å². The van der Waals surface area contributed by atoms with Crippen molar-refractivity contribution >= 4 is 17.4 Å². The largest absolute Gasteiger partial charge is 0.508 e. The summed E-state index contributed by atoms with van der Waals surface area (Å²) in [4.78, 5) is 27.0. The Morgan fingerprint density at radius 2 is 1.80 bits per heavy atom. The van der Waals surface area contributed by atoms with Crippen molar-refractivity contribution in [2.24, 2.45) is 0 Å². The Kier molecular flexibility index (Phi) is 5.33. The van der Waals surface area contributed by atoms with Crippen LogP contribution in [0.5, 0.6) is 17.2 Å². The van der Waals surface area contributed by atoms with Crippen LogP contribution < -0.4 is 9.47 Å². The van der Waals surface area contributed by atoms with E-state index < -0.39 is 17.7 Å². The Labute approximate surface area is 172 Å². The summed E-state index contributed by atoms with van der Waals surface area (Å²) in [6.07, 6.45) is 0. The van der Waals surface area contributed by atoms with E-state index in [9.17, 15) is 19.8 Å². The summed E-state index contributed by atoms with van der Waals surface area (Å²) in [6, 6.07) is 10.2. The van der Waals surface area contributed by atoms with E-state index >= 15 is 0 Å². The fourth-order valence-electron chi connectivity index (χ4n) is 3.65. The first-order chi connectivity index (χ1) is 14.5. The molecule has 2 heterocycles. The number of nitrogens with zero attached hydrogens (tertiary/aromatic N) is 1. The lowest BCUT2D eigenvalue weighted by Crippen LogP contribution is -2.32. The molecule has 8 heteroatoms. The van der Waals surface area contributed by atoms with Crippen molar-refractivity contribution in [3.05, 3.63) is 59.2 Å². The highest BCUT2D eigenvalue weighted by Crippen LogP contribution is 2.41. The average molecular weight is 411 g/mol. The summed E-state index contributed by atoms with van der Waals surface area (Å²) in [5, 5.41) is 20.7. The number of phenolic OH excluding ortho intramolecular Hbond substituents is 1. The number of Topliss-reactive ketones (excluding diaryl/α,β-unsaturated/α-hetero) is 1. The van der Waals surface area contributed by atoms with Crippen molar-refractivity contribution in [2.45, 2.75) is 6.04 Å². The molecule has 156 valence electrons. The number of amides is 1. The molecule has 1 fully saturated rings. The zero-order chi connectivity index (χ0) is 21.3. The van der Waals surface area contributed by atoms with Gasteiger partial charge >= 0.3 is 0 Å². The third kappa shape index (κ3) is 3.46. The number of likely N-dealkylation sites (tertiary alicyclic amines) is 1. The predicted molar refractivity (Wildman–Crippen MR) is 106 cm³/mol. The summed E-state index contributed by atoms with van der Waals surface area (Å²) in [5.41, 5.74) is 0.897. The van der Waals surface area contributed by atoms with Crippen LogP contribution in [0.2, 0.25) is 0 Å². The molecule has 2 aromatic carbocycles. The maximum absolute atomic E-state index is 12.9. The minimum Gasteiger partial charge on any atom is -0.508 e. The van der Waals surface area contributed by atoms with E-state index in [1.807, 2.05) is 0 Å². The maximum Gasteiger partial charge on any atom is 0.295 e. The smallest absolute Gasteiger partial charge is 0.295 e. The molecule has 0 spiro atoms. The molecule has 0 bridgehead atoms. The maximum atomic E-state index is 12.9. The molecule has 0 aliphatic carbocycles. The SMILES string of the molecule is COCCN1C(=O)C(=O)C(=C(O)c2ccc3c(c2)OCCO3)C1c1ccc(O)cc1. The Bertz CT molecular complexity index is 1010. The lowest BCUT2D eigenvalue weighted by atomic mass is 9.95. The van der Waals surface area contributed by atoms with Gasteiger partial charge in [-0.3, -0.25) is 9.59 Å². The van der Waals surface area contributed by atoms with Crippen molar-refractivity contribution in [3.8, 4) is 17.2 Å². The number of hydrogen-bond donors (Lipinski definition) is 2. The molecule has 2 aliphatic rings. The number of fused-ring (bicyclic) bond motifs is 1. The Balaban J connectivity index is 1.82. The molecule has 30 heavy (non-hydrogen) atoms. The zero-order valence-electron chi connectivity index (χ0n) is 16.3. The second-order valence-electron chi connectivity index (χ2n) is 6.94. The van der Waals surface area contributed by atoms with Gasteiger partial charge in [0.2, 0.25) is 0 Å². The van der Waals surface area contributed by atoms with Gasteiger partial charge in [-0.15, -0.1) is 0 Å². The molecule has 1 unspecified atom stereocenters. The Morgan fingerprint density at radius 3 is 2.50 bits per heavy atom. The topological polar surface area (TPSA) is 106 Å². The summed E-state index contributed by atoms with van der Waals surface area (Å²) >= 11 is 0. The number of aromatic hydroxyl groups is 1. The van der Waals surface area contributed by atoms with Crippen molar-refractivity contribution < 1.29 is 34.0 Å². The van der Waals surface area contributed by atoms with Gasteiger partial charge < -0.3 is 29.3 Å². The van der Waals surface area contributed by atoms with Crippen LogP contribution in [0.15, 0.2) is 48.0 Å². The lowest BCUT2D eigenvalue weighted by molar-refractivity contribution is -0.140. The van der Waals surface area contributed by atoms with E-state index in [1.54, 1.807) is 30.3 Å². The number of phenols is 1. The van der Waals surface area contributed by atoms with Gasteiger partial charge in [0.15, 0.2) is 11.5 Å². The molecule has 2 aliphatic heterocycles. The quantitative estimate of drug-likeness (QED) is 0.442. The van der Waals surface area contributed by atoms with Crippen LogP contribution in [0, 0.1) is 0 Å². The molecular formula is C22H21NO7. The molecule has 2 N–H and O–H groups in total. The van der Waals surface area contributed by atoms with E-state index in [1.165, 1.54) is 24.1 Å². The van der Waals surface area contributed by atoms with Crippen molar-refractivity contribution in [3.63, 3.8) is 0 Å². The second kappa shape index (κ2) is 8.08. The molecule has 0 aromatic heterocycles.